The van der Waals surface area contributed by atoms with Crippen LogP contribution >= 0.6 is 0 Å². The number of carbonyl (C=O) groups excluding carboxylic acids is 1. The van der Waals surface area contributed by atoms with Gasteiger partial charge in [-0.05, 0) is 79.1 Å². The first-order chi connectivity index (χ1) is 19.9. The average molecular weight is 601 g/mol. The number of halogens is 5. The maximum Gasteiger partial charge on any atom is 0.419 e. The molecule has 0 saturated carbocycles. The molecule has 0 amide bonds. The number of ketones is 1. The zero-order chi connectivity index (χ0) is 29.9. The van der Waals surface area contributed by atoms with Crippen LogP contribution in [0.3, 0.4) is 0 Å². The molecule has 2 aliphatic rings. The first-order valence-corrected chi connectivity index (χ1v) is 14.2. The second-order valence-corrected chi connectivity index (χ2v) is 12.1. The van der Waals surface area contributed by atoms with E-state index >= 15 is 0 Å². The van der Waals surface area contributed by atoms with Gasteiger partial charge in [-0.1, -0.05) is 11.6 Å². The van der Waals surface area contributed by atoms with E-state index in [0.717, 1.165) is 10.4 Å². The van der Waals surface area contributed by atoms with E-state index in [-0.39, 0.29) is 37.7 Å². The lowest BCUT2D eigenvalue weighted by molar-refractivity contribution is -0.140. The Balaban J connectivity index is 1.44. The van der Waals surface area contributed by atoms with Crippen LogP contribution in [-0.4, -0.2) is 46.4 Å². The average Bonchev–Trinajstić information content (AvgIpc) is 3.37. The number of benzene rings is 2. The van der Waals surface area contributed by atoms with Gasteiger partial charge in [0.1, 0.15) is 17.3 Å². The molecular formula is C29H21F5N4O3S. The van der Waals surface area contributed by atoms with Crippen LogP contribution in [0.25, 0.3) is 11.8 Å². The van der Waals surface area contributed by atoms with Crippen molar-refractivity contribution >= 4 is 21.9 Å². The van der Waals surface area contributed by atoms with Gasteiger partial charge in [-0.3, -0.25) is 9.78 Å². The summed E-state index contributed by atoms with van der Waals surface area (Å²) in [6.45, 7) is -0.513. The highest BCUT2D eigenvalue weighted by atomic mass is 32.2. The second kappa shape index (κ2) is 9.95. The van der Waals surface area contributed by atoms with Gasteiger partial charge in [0.15, 0.2) is 5.78 Å². The van der Waals surface area contributed by atoms with Gasteiger partial charge >= 0.3 is 6.18 Å². The van der Waals surface area contributed by atoms with Gasteiger partial charge in [-0.15, -0.1) is 0 Å². The summed E-state index contributed by atoms with van der Waals surface area (Å²) in [5.74, 6) is -2.47. The van der Waals surface area contributed by atoms with Crippen molar-refractivity contribution in [2.75, 3.05) is 13.1 Å². The molecule has 0 spiro atoms. The minimum Gasteiger partial charge on any atom is -0.291 e. The number of carbonyl (C=O) groups is 1. The zero-order valence-corrected chi connectivity index (χ0v) is 22.5. The highest BCUT2D eigenvalue weighted by Gasteiger charge is 2.51. The third kappa shape index (κ3) is 4.62. The maximum absolute atomic E-state index is 14.1. The Bertz CT molecular complexity index is 1840. The van der Waals surface area contributed by atoms with Crippen molar-refractivity contribution in [2.24, 2.45) is 5.41 Å². The van der Waals surface area contributed by atoms with Gasteiger partial charge < -0.3 is 0 Å². The molecule has 13 heteroatoms. The summed E-state index contributed by atoms with van der Waals surface area (Å²) < 4.78 is 97.5. The second-order valence-electron chi connectivity index (χ2n) is 10.1. The van der Waals surface area contributed by atoms with E-state index < -0.39 is 49.5 Å². The zero-order valence-electron chi connectivity index (χ0n) is 21.6. The molecule has 1 unspecified atom stereocenters. The van der Waals surface area contributed by atoms with Crippen molar-refractivity contribution in [3.8, 4) is 5.69 Å². The molecule has 216 valence electrons. The summed E-state index contributed by atoms with van der Waals surface area (Å²) in [4.78, 5) is 17.6. The van der Waals surface area contributed by atoms with Crippen LogP contribution in [0.5, 0.6) is 0 Å². The van der Waals surface area contributed by atoms with Gasteiger partial charge in [0.05, 0.1) is 33.5 Å². The summed E-state index contributed by atoms with van der Waals surface area (Å²) in [7, 11) is -4.57. The van der Waals surface area contributed by atoms with E-state index in [1.54, 1.807) is 41.2 Å². The lowest BCUT2D eigenvalue weighted by Crippen LogP contribution is -2.53. The predicted molar refractivity (Wildman–Crippen MR) is 141 cm³/mol. The highest BCUT2D eigenvalue weighted by Crippen LogP contribution is 2.47. The fourth-order valence-electron chi connectivity index (χ4n) is 5.58. The molecule has 2 aromatic carbocycles. The molecule has 1 saturated heterocycles. The van der Waals surface area contributed by atoms with Crippen LogP contribution in [0.15, 0.2) is 83.5 Å². The first-order valence-electron chi connectivity index (χ1n) is 12.8. The van der Waals surface area contributed by atoms with E-state index in [4.69, 9.17) is 0 Å². The van der Waals surface area contributed by atoms with E-state index in [0.29, 0.717) is 28.6 Å². The molecule has 7 nitrogen and oxygen atoms in total. The molecule has 0 radical (unpaired) electrons. The van der Waals surface area contributed by atoms with Gasteiger partial charge in [-0.25, -0.2) is 21.9 Å². The fourth-order valence-corrected chi connectivity index (χ4v) is 7.11. The van der Waals surface area contributed by atoms with Crippen LogP contribution in [0.4, 0.5) is 22.0 Å². The van der Waals surface area contributed by atoms with Crippen LogP contribution in [0.1, 0.15) is 33.7 Å². The van der Waals surface area contributed by atoms with E-state index in [1.807, 2.05) is 0 Å². The third-order valence-corrected chi connectivity index (χ3v) is 9.51. The number of hydrogen-bond donors (Lipinski definition) is 0. The minimum atomic E-state index is -5.10. The Labute approximate surface area is 237 Å². The molecule has 1 aliphatic heterocycles. The number of Topliss-reactive ketones (excluding diaryl/α,β-unsaturated/α-hetero) is 1. The monoisotopic (exact) mass is 600 g/mol. The molecular weight excluding hydrogens is 579 g/mol. The Kier molecular flexibility index (Phi) is 6.61. The van der Waals surface area contributed by atoms with E-state index in [9.17, 15) is 35.2 Å². The summed E-state index contributed by atoms with van der Waals surface area (Å²) in [6, 6.07) is 12.0. The molecule has 3 heterocycles. The Morgan fingerprint density at radius 2 is 1.76 bits per heavy atom. The Morgan fingerprint density at radius 3 is 2.45 bits per heavy atom. The molecule has 2 aromatic heterocycles. The fraction of sp³-hybridized carbons (Fsp3) is 0.207. The molecule has 1 fully saturated rings. The lowest BCUT2D eigenvalue weighted by Gasteiger charge is -2.44. The summed E-state index contributed by atoms with van der Waals surface area (Å²) >= 11 is 0. The lowest BCUT2D eigenvalue weighted by atomic mass is 9.65. The normalized spacial score (nSPS) is 19.1. The predicted octanol–water partition coefficient (Wildman–Crippen LogP) is 5.47. The SMILES string of the molecule is O=C(c1ccccn1)C12Cc3cnn(-c4ccc(F)cc4)c3C=C1CCN(S(=O)(=O)c1ccc(F)c(C(F)(F)F)c1)C2. The quantitative estimate of drug-likeness (QED) is 0.224. The number of nitrogens with zero attached hydrogens (tertiary/aromatic N) is 4. The third-order valence-electron chi connectivity index (χ3n) is 7.67. The topological polar surface area (TPSA) is 85.2 Å². The number of hydrogen-bond acceptors (Lipinski definition) is 5. The molecule has 1 atom stereocenters. The minimum absolute atomic E-state index is 0.0357. The standard InChI is InChI=1S/C29H21F5N4O3S/c30-20-4-6-21(7-5-20)38-26-13-19-10-12-37(42(40,41)22-8-9-24(31)23(14-22)29(32,33)34)17-28(19,15-18(26)16-36-38)27(39)25-3-1-2-11-35-25/h1-9,11,13-14,16H,10,12,15,17H2. The highest BCUT2D eigenvalue weighted by molar-refractivity contribution is 7.89. The number of piperidine rings is 1. The molecule has 42 heavy (non-hydrogen) atoms. The number of fused-ring (bicyclic) bond motifs is 2. The van der Waals surface area contributed by atoms with Crippen LogP contribution in [0, 0.1) is 17.0 Å². The van der Waals surface area contributed by atoms with Crippen molar-refractivity contribution in [2.45, 2.75) is 23.9 Å². The van der Waals surface area contributed by atoms with Gasteiger partial charge in [-0.2, -0.15) is 22.6 Å². The van der Waals surface area contributed by atoms with Crippen molar-refractivity contribution in [1.29, 1.82) is 0 Å². The van der Waals surface area contributed by atoms with E-state index in [2.05, 4.69) is 10.1 Å². The van der Waals surface area contributed by atoms with Crippen LogP contribution in [0.2, 0.25) is 0 Å². The molecule has 0 bridgehead atoms. The van der Waals surface area contributed by atoms with Crippen molar-refractivity contribution < 1.29 is 35.2 Å². The summed E-state index contributed by atoms with van der Waals surface area (Å²) in [6.07, 6.45) is -0.244. The van der Waals surface area contributed by atoms with Gasteiger partial charge in [0.2, 0.25) is 10.0 Å². The van der Waals surface area contributed by atoms with Crippen molar-refractivity contribution in [1.82, 2.24) is 19.1 Å². The number of aromatic nitrogens is 3. The van der Waals surface area contributed by atoms with E-state index in [1.165, 1.54) is 24.4 Å². The number of rotatable bonds is 5. The molecule has 1 aliphatic carbocycles. The number of alkyl halides is 3. The number of pyridine rings is 1. The maximum atomic E-state index is 14.1. The largest absolute Gasteiger partial charge is 0.419 e. The molecule has 0 N–H and O–H groups in total. The van der Waals surface area contributed by atoms with Gasteiger partial charge in [0, 0.05) is 19.3 Å². The number of sulfonamides is 1. The van der Waals surface area contributed by atoms with Crippen molar-refractivity contribution in [3.05, 3.63) is 113 Å². The van der Waals surface area contributed by atoms with Crippen molar-refractivity contribution in [3.63, 3.8) is 0 Å². The molecule has 6 rings (SSSR count). The Hall–Kier alpha value is -4.23. The summed E-state index contributed by atoms with van der Waals surface area (Å²) in [5.41, 5.74) is -0.588. The van der Waals surface area contributed by atoms with Crippen LogP contribution < -0.4 is 0 Å². The molecule has 4 aromatic rings. The summed E-state index contributed by atoms with van der Waals surface area (Å²) in [5, 5.41) is 4.42. The van der Waals surface area contributed by atoms with Gasteiger partial charge in [0.25, 0.3) is 0 Å². The van der Waals surface area contributed by atoms with Crippen LogP contribution in [-0.2, 0) is 22.6 Å². The smallest absolute Gasteiger partial charge is 0.291 e. The Morgan fingerprint density at radius 1 is 1.00 bits per heavy atom. The first kappa shape index (κ1) is 27.9.